The van der Waals surface area contributed by atoms with Gasteiger partial charge in [-0.25, -0.2) is 14.1 Å². The van der Waals surface area contributed by atoms with Gasteiger partial charge in [-0.05, 0) is 33.8 Å². The number of esters is 2. The smallest absolute Gasteiger partial charge is 0.351 e. The molecule has 0 amide bonds. The van der Waals surface area contributed by atoms with Crippen LogP contribution in [0.1, 0.15) is 54.2 Å². The van der Waals surface area contributed by atoms with Crippen molar-refractivity contribution in [3.05, 3.63) is 22.7 Å². The van der Waals surface area contributed by atoms with Crippen molar-refractivity contribution >= 4 is 25.4 Å². The molecule has 3 saturated heterocycles. The van der Waals surface area contributed by atoms with E-state index < -0.39 is 43.7 Å². The van der Waals surface area contributed by atoms with Gasteiger partial charge in [-0.3, -0.25) is 23.8 Å². The number of nitrogens with zero attached hydrogens (tertiary/aromatic N) is 4. The zero-order chi connectivity index (χ0) is 25.1. The minimum Gasteiger partial charge on any atom is -0.463 e. The maximum Gasteiger partial charge on any atom is 0.351 e. The van der Waals surface area contributed by atoms with Crippen LogP contribution in [-0.4, -0.2) is 73.8 Å². The zero-order valence-electron chi connectivity index (χ0n) is 20.3. The first-order valence-electron chi connectivity index (χ1n) is 11.2. The van der Waals surface area contributed by atoms with E-state index >= 15 is 0 Å². The van der Waals surface area contributed by atoms with Crippen molar-refractivity contribution in [1.29, 1.82) is 0 Å². The molecule has 2 unspecified atom stereocenters. The molecule has 0 aromatic carbocycles. The number of anilines is 1. The molecular formula is C21H32N5O7P. The molecule has 188 valence electrons. The van der Waals surface area contributed by atoms with Crippen LogP contribution in [0, 0.1) is 0 Å². The van der Waals surface area contributed by atoms with Crippen molar-refractivity contribution in [3.63, 3.8) is 0 Å². The molecule has 3 aliphatic heterocycles. The van der Waals surface area contributed by atoms with Gasteiger partial charge in [0, 0.05) is 50.6 Å². The molecule has 4 heterocycles. The van der Waals surface area contributed by atoms with E-state index in [2.05, 4.69) is 10.1 Å². The van der Waals surface area contributed by atoms with Crippen LogP contribution in [0.2, 0.25) is 0 Å². The molecule has 0 saturated carbocycles. The summed E-state index contributed by atoms with van der Waals surface area (Å²) in [5.41, 5.74) is -1.00. The highest BCUT2D eigenvalue weighted by atomic mass is 31.2. The van der Waals surface area contributed by atoms with Crippen molar-refractivity contribution < 1.29 is 28.4 Å². The molecule has 13 heteroatoms. The average molecular weight is 497 g/mol. The summed E-state index contributed by atoms with van der Waals surface area (Å²) in [5, 5.41) is 3.04. The van der Waals surface area contributed by atoms with E-state index in [9.17, 15) is 18.9 Å². The van der Waals surface area contributed by atoms with Gasteiger partial charge in [0.2, 0.25) is 0 Å². The maximum atomic E-state index is 14.0. The van der Waals surface area contributed by atoms with Crippen molar-refractivity contribution in [3.8, 4) is 0 Å². The number of nitrogens with one attached hydrogen (secondary N) is 1. The van der Waals surface area contributed by atoms with Crippen LogP contribution in [0.5, 0.6) is 0 Å². The third-order valence-corrected chi connectivity index (χ3v) is 9.46. The third kappa shape index (κ3) is 4.91. The molecule has 12 nitrogen and oxygen atoms in total. The fraction of sp³-hybridized carbons (Fsp3) is 0.714. The second-order valence-corrected chi connectivity index (χ2v) is 12.5. The van der Waals surface area contributed by atoms with Gasteiger partial charge in [0.05, 0.1) is 0 Å². The van der Waals surface area contributed by atoms with Gasteiger partial charge in [-0.2, -0.15) is 4.98 Å². The summed E-state index contributed by atoms with van der Waals surface area (Å²) in [6.45, 7) is 11.9. The van der Waals surface area contributed by atoms with Gasteiger partial charge in [-0.1, -0.05) is 0 Å². The molecule has 1 aromatic heterocycles. The summed E-state index contributed by atoms with van der Waals surface area (Å²) >= 11 is 0. The summed E-state index contributed by atoms with van der Waals surface area (Å²) in [6.07, 6.45) is -0.448. The number of carbonyl (C=O) groups is 2. The lowest BCUT2D eigenvalue weighted by molar-refractivity contribution is -0.155. The van der Waals surface area contributed by atoms with Crippen molar-refractivity contribution in [2.45, 2.75) is 77.5 Å². The lowest BCUT2D eigenvalue weighted by Crippen LogP contribution is -2.31. The van der Waals surface area contributed by atoms with E-state index in [1.165, 1.54) is 24.6 Å². The predicted molar refractivity (Wildman–Crippen MR) is 122 cm³/mol. The Balaban J connectivity index is 1.52. The van der Waals surface area contributed by atoms with E-state index in [0.29, 0.717) is 13.1 Å². The third-order valence-electron chi connectivity index (χ3n) is 6.27. The van der Waals surface area contributed by atoms with Gasteiger partial charge >= 0.3 is 25.2 Å². The monoisotopic (exact) mass is 497 g/mol. The van der Waals surface area contributed by atoms with Crippen molar-refractivity contribution in [2.75, 3.05) is 24.8 Å². The number of hydrogen-bond acceptors (Lipinski definition) is 8. The van der Waals surface area contributed by atoms with E-state index in [4.69, 9.17) is 14.2 Å². The van der Waals surface area contributed by atoms with Gasteiger partial charge in [-0.15, -0.1) is 0 Å². The fourth-order valence-electron chi connectivity index (χ4n) is 4.24. The largest absolute Gasteiger partial charge is 0.463 e. The molecule has 1 aromatic rings. The van der Waals surface area contributed by atoms with E-state index in [1.807, 2.05) is 37.0 Å². The number of ether oxygens (including phenoxy) is 3. The second-order valence-electron chi connectivity index (χ2n) is 10.2. The molecule has 0 spiro atoms. The van der Waals surface area contributed by atoms with Crippen LogP contribution >= 0.6 is 7.59 Å². The SMILES string of the molecule is CC(=O)OC[C@H]1O[C@@H](n2ccc(NP(=O)(N3CC3(C)C)N3CC3(C)C)nc2=O)C[C@@H]1OC(C)=O. The average Bonchev–Trinajstić information content (AvgIpc) is 3.50. The Morgan fingerprint density at radius 3 is 2.24 bits per heavy atom. The molecule has 1 N–H and O–H groups in total. The molecule has 34 heavy (non-hydrogen) atoms. The van der Waals surface area contributed by atoms with Crippen LogP contribution < -0.4 is 10.8 Å². The molecule has 0 aliphatic carbocycles. The molecule has 4 rings (SSSR count). The second kappa shape index (κ2) is 8.44. The number of carbonyl (C=O) groups excluding carboxylic acids is 2. The first kappa shape index (κ1) is 24.8. The highest BCUT2D eigenvalue weighted by Crippen LogP contribution is 2.68. The Bertz CT molecular complexity index is 1080. The summed E-state index contributed by atoms with van der Waals surface area (Å²) < 4.78 is 35.2. The van der Waals surface area contributed by atoms with Crippen LogP contribution in [0.15, 0.2) is 17.1 Å². The molecule has 0 bridgehead atoms. The van der Waals surface area contributed by atoms with Gasteiger partial charge in [0.15, 0.2) is 0 Å². The highest BCUT2D eigenvalue weighted by Gasteiger charge is 2.64. The molecular weight excluding hydrogens is 465 g/mol. The summed E-state index contributed by atoms with van der Waals surface area (Å²) in [6, 6.07) is 1.57. The summed E-state index contributed by atoms with van der Waals surface area (Å²) in [5.74, 6) is -0.781. The van der Waals surface area contributed by atoms with E-state index in [1.54, 1.807) is 6.07 Å². The zero-order valence-corrected chi connectivity index (χ0v) is 21.2. The normalized spacial score (nSPS) is 32.4. The molecule has 3 fully saturated rings. The maximum absolute atomic E-state index is 14.0. The number of aromatic nitrogens is 2. The Hall–Kier alpha value is -2.27. The van der Waals surface area contributed by atoms with Crippen LogP contribution in [-0.2, 0) is 28.4 Å². The lowest BCUT2D eigenvalue weighted by atomic mass is 10.2. The Morgan fingerprint density at radius 1 is 1.18 bits per heavy atom. The van der Waals surface area contributed by atoms with Gasteiger partial charge < -0.3 is 14.2 Å². The summed E-state index contributed by atoms with van der Waals surface area (Å²) in [4.78, 5) is 39.6. The molecule has 0 radical (unpaired) electrons. The van der Waals surface area contributed by atoms with Crippen LogP contribution in [0.25, 0.3) is 0 Å². The standard InChI is InChI=1S/C21H32N5O7P/c1-13(27)31-10-16-15(32-14(2)28)9-18(33-16)24-8-7-17(22-19(24)29)23-34(30,25-11-20(25,3)4)26-12-21(26,5)6/h7-8,15-16,18H,9-12H2,1-6H3,(H,22,23,29,30)/t15-,16+,18+,25?,26?,34?/m0/s1. The van der Waals surface area contributed by atoms with Crippen molar-refractivity contribution in [1.82, 2.24) is 18.9 Å². The first-order valence-corrected chi connectivity index (χ1v) is 12.8. The van der Waals surface area contributed by atoms with E-state index in [-0.39, 0.29) is 29.9 Å². The van der Waals surface area contributed by atoms with E-state index in [0.717, 1.165) is 0 Å². The van der Waals surface area contributed by atoms with Crippen LogP contribution in [0.3, 0.4) is 0 Å². The van der Waals surface area contributed by atoms with Crippen LogP contribution in [0.4, 0.5) is 5.82 Å². The Kier molecular flexibility index (Phi) is 6.17. The van der Waals surface area contributed by atoms with Gasteiger partial charge in [0.25, 0.3) is 0 Å². The van der Waals surface area contributed by atoms with Crippen molar-refractivity contribution in [2.24, 2.45) is 0 Å². The quantitative estimate of drug-likeness (QED) is 0.320. The minimum atomic E-state index is -3.15. The highest BCUT2D eigenvalue weighted by molar-refractivity contribution is 7.61. The summed E-state index contributed by atoms with van der Waals surface area (Å²) in [7, 11) is -3.15. The fourth-order valence-corrected chi connectivity index (χ4v) is 7.71. The van der Waals surface area contributed by atoms with Gasteiger partial charge in [0.1, 0.15) is 30.9 Å². The number of rotatable bonds is 8. The minimum absolute atomic E-state index is 0.105. The Labute approximate surface area is 198 Å². The Morgan fingerprint density at radius 2 is 1.76 bits per heavy atom. The molecule has 5 atom stereocenters. The first-order chi connectivity index (χ1) is 15.7. The molecule has 3 aliphatic rings. The lowest BCUT2D eigenvalue weighted by Gasteiger charge is -2.26. The number of hydrogen-bond donors (Lipinski definition) is 1. The predicted octanol–water partition coefficient (Wildman–Crippen LogP) is 1.73. The topological polar surface area (TPSA) is 132 Å².